The standard InChI is InChI=1S/C11H17N3/c1-3-9-7-10(14-8(2)13-9)11(12)5-4-6-11/h7H,3-6,12H2,1-2H3. The van der Waals surface area contributed by atoms with Crippen LogP contribution in [0.4, 0.5) is 0 Å². The molecular formula is C11H17N3. The maximum Gasteiger partial charge on any atom is 0.125 e. The Morgan fingerprint density at radius 1 is 1.43 bits per heavy atom. The minimum absolute atomic E-state index is 0.155. The van der Waals surface area contributed by atoms with Crippen molar-refractivity contribution in [2.75, 3.05) is 0 Å². The van der Waals surface area contributed by atoms with Crippen LogP contribution in [-0.4, -0.2) is 9.97 Å². The number of hydrogen-bond acceptors (Lipinski definition) is 3. The summed E-state index contributed by atoms with van der Waals surface area (Å²) in [5, 5.41) is 0. The molecule has 1 aliphatic carbocycles. The van der Waals surface area contributed by atoms with Crippen molar-refractivity contribution in [3.05, 3.63) is 23.3 Å². The van der Waals surface area contributed by atoms with Crippen LogP contribution in [0.5, 0.6) is 0 Å². The molecule has 0 radical (unpaired) electrons. The lowest BCUT2D eigenvalue weighted by Gasteiger charge is -2.37. The van der Waals surface area contributed by atoms with Crippen LogP contribution in [-0.2, 0) is 12.0 Å². The zero-order chi connectivity index (χ0) is 10.2. The van der Waals surface area contributed by atoms with E-state index in [1.54, 1.807) is 0 Å². The molecule has 2 rings (SSSR count). The second kappa shape index (κ2) is 3.31. The Labute approximate surface area is 84.8 Å². The Bertz CT molecular complexity index is 342. The highest BCUT2D eigenvalue weighted by Crippen LogP contribution is 2.37. The van der Waals surface area contributed by atoms with Gasteiger partial charge in [-0.25, -0.2) is 9.97 Å². The van der Waals surface area contributed by atoms with E-state index in [1.807, 2.05) is 6.92 Å². The Balaban J connectivity index is 2.37. The molecule has 3 nitrogen and oxygen atoms in total. The Hall–Kier alpha value is -0.960. The van der Waals surface area contributed by atoms with Gasteiger partial charge in [0.1, 0.15) is 5.82 Å². The van der Waals surface area contributed by atoms with Crippen LogP contribution < -0.4 is 5.73 Å². The lowest BCUT2D eigenvalue weighted by atomic mass is 9.75. The van der Waals surface area contributed by atoms with Gasteiger partial charge in [-0.05, 0) is 38.7 Å². The van der Waals surface area contributed by atoms with Crippen LogP contribution in [0, 0.1) is 6.92 Å². The first-order chi connectivity index (χ1) is 6.64. The first kappa shape index (κ1) is 9.59. The highest BCUT2D eigenvalue weighted by Gasteiger charge is 2.36. The topological polar surface area (TPSA) is 51.8 Å². The van der Waals surface area contributed by atoms with Crippen LogP contribution in [0.25, 0.3) is 0 Å². The second-order valence-corrected chi connectivity index (χ2v) is 4.15. The highest BCUT2D eigenvalue weighted by atomic mass is 14.9. The molecule has 3 heteroatoms. The predicted molar refractivity (Wildman–Crippen MR) is 55.9 cm³/mol. The summed E-state index contributed by atoms with van der Waals surface area (Å²) >= 11 is 0. The molecule has 76 valence electrons. The van der Waals surface area contributed by atoms with Gasteiger partial charge < -0.3 is 5.73 Å². The van der Waals surface area contributed by atoms with Crippen LogP contribution in [0.1, 0.15) is 43.4 Å². The summed E-state index contributed by atoms with van der Waals surface area (Å²) in [5.74, 6) is 0.844. The summed E-state index contributed by atoms with van der Waals surface area (Å²) in [4.78, 5) is 8.80. The van der Waals surface area contributed by atoms with E-state index < -0.39 is 0 Å². The van der Waals surface area contributed by atoms with Crippen LogP contribution in [0.15, 0.2) is 6.07 Å². The Morgan fingerprint density at radius 3 is 2.64 bits per heavy atom. The fraction of sp³-hybridized carbons (Fsp3) is 0.636. The van der Waals surface area contributed by atoms with Gasteiger partial charge in [-0.3, -0.25) is 0 Å². The fourth-order valence-electron chi connectivity index (χ4n) is 1.88. The number of aryl methyl sites for hydroxylation is 2. The zero-order valence-electron chi connectivity index (χ0n) is 8.88. The first-order valence-electron chi connectivity index (χ1n) is 5.28. The maximum absolute atomic E-state index is 6.23. The van der Waals surface area contributed by atoms with Crippen molar-refractivity contribution in [1.29, 1.82) is 0 Å². The lowest BCUT2D eigenvalue weighted by Crippen LogP contribution is -2.44. The quantitative estimate of drug-likeness (QED) is 0.773. The first-order valence-corrected chi connectivity index (χ1v) is 5.28. The van der Waals surface area contributed by atoms with Crippen molar-refractivity contribution in [2.24, 2.45) is 5.73 Å². The van der Waals surface area contributed by atoms with Crippen molar-refractivity contribution >= 4 is 0 Å². The smallest absolute Gasteiger partial charge is 0.125 e. The molecule has 1 aromatic rings. The summed E-state index contributed by atoms with van der Waals surface area (Å²) in [6.07, 6.45) is 4.30. The molecule has 1 aromatic heterocycles. The normalized spacial score (nSPS) is 19.1. The molecule has 0 aliphatic heterocycles. The molecule has 1 heterocycles. The number of hydrogen-bond donors (Lipinski definition) is 1. The third kappa shape index (κ3) is 1.52. The number of nitrogens with two attached hydrogens (primary N) is 1. The molecule has 1 fully saturated rings. The summed E-state index contributed by atoms with van der Waals surface area (Å²) in [6, 6.07) is 2.06. The van der Waals surface area contributed by atoms with Gasteiger partial charge in [0.25, 0.3) is 0 Å². The number of nitrogens with zero attached hydrogens (tertiary/aromatic N) is 2. The second-order valence-electron chi connectivity index (χ2n) is 4.15. The molecule has 1 saturated carbocycles. The van der Waals surface area contributed by atoms with Crippen molar-refractivity contribution in [3.8, 4) is 0 Å². The molecule has 0 bridgehead atoms. The average molecular weight is 191 g/mol. The third-order valence-electron chi connectivity index (χ3n) is 3.01. The van der Waals surface area contributed by atoms with Crippen molar-refractivity contribution in [2.45, 2.75) is 45.1 Å². The molecule has 14 heavy (non-hydrogen) atoms. The Morgan fingerprint density at radius 2 is 2.14 bits per heavy atom. The molecule has 0 amide bonds. The number of aromatic nitrogens is 2. The van der Waals surface area contributed by atoms with E-state index in [0.717, 1.165) is 36.5 Å². The summed E-state index contributed by atoms with van der Waals surface area (Å²) in [5.41, 5.74) is 8.21. The van der Waals surface area contributed by atoms with E-state index in [2.05, 4.69) is 23.0 Å². The van der Waals surface area contributed by atoms with E-state index in [4.69, 9.17) is 5.73 Å². The molecule has 0 atom stereocenters. The predicted octanol–water partition coefficient (Wildman–Crippen LogP) is 1.69. The van der Waals surface area contributed by atoms with Crippen molar-refractivity contribution < 1.29 is 0 Å². The molecule has 1 aliphatic rings. The van der Waals surface area contributed by atoms with Gasteiger partial charge in [-0.2, -0.15) is 0 Å². The van der Waals surface area contributed by atoms with Gasteiger partial charge >= 0.3 is 0 Å². The van der Waals surface area contributed by atoms with Crippen LogP contribution in [0.2, 0.25) is 0 Å². The molecular weight excluding hydrogens is 174 g/mol. The molecule has 2 N–H and O–H groups in total. The van der Waals surface area contributed by atoms with Crippen molar-refractivity contribution in [3.63, 3.8) is 0 Å². The highest BCUT2D eigenvalue weighted by molar-refractivity contribution is 5.21. The average Bonchev–Trinajstić information content (AvgIpc) is 2.13. The SMILES string of the molecule is CCc1cc(C2(N)CCC2)nc(C)n1. The molecule has 0 saturated heterocycles. The zero-order valence-corrected chi connectivity index (χ0v) is 8.88. The van der Waals surface area contributed by atoms with Gasteiger partial charge in [0.15, 0.2) is 0 Å². The fourth-order valence-corrected chi connectivity index (χ4v) is 1.88. The third-order valence-corrected chi connectivity index (χ3v) is 3.01. The largest absolute Gasteiger partial charge is 0.320 e. The Kier molecular flexibility index (Phi) is 2.27. The van der Waals surface area contributed by atoms with E-state index in [-0.39, 0.29) is 5.54 Å². The lowest BCUT2D eigenvalue weighted by molar-refractivity contribution is 0.245. The van der Waals surface area contributed by atoms with Gasteiger partial charge in [0, 0.05) is 5.69 Å². The van der Waals surface area contributed by atoms with E-state index in [1.165, 1.54) is 6.42 Å². The van der Waals surface area contributed by atoms with Gasteiger partial charge in [-0.15, -0.1) is 0 Å². The minimum Gasteiger partial charge on any atom is -0.320 e. The monoisotopic (exact) mass is 191 g/mol. The minimum atomic E-state index is -0.155. The van der Waals surface area contributed by atoms with Gasteiger partial charge in [0.2, 0.25) is 0 Å². The summed E-state index contributed by atoms with van der Waals surface area (Å²) < 4.78 is 0. The molecule has 0 spiro atoms. The van der Waals surface area contributed by atoms with E-state index >= 15 is 0 Å². The van der Waals surface area contributed by atoms with E-state index in [9.17, 15) is 0 Å². The molecule has 0 aromatic carbocycles. The van der Waals surface area contributed by atoms with Crippen LogP contribution >= 0.6 is 0 Å². The van der Waals surface area contributed by atoms with Crippen molar-refractivity contribution in [1.82, 2.24) is 9.97 Å². The summed E-state index contributed by atoms with van der Waals surface area (Å²) in [6.45, 7) is 4.04. The van der Waals surface area contributed by atoms with Gasteiger partial charge in [-0.1, -0.05) is 6.92 Å². The van der Waals surface area contributed by atoms with Crippen LogP contribution in [0.3, 0.4) is 0 Å². The number of rotatable bonds is 2. The van der Waals surface area contributed by atoms with Gasteiger partial charge in [0.05, 0.1) is 11.2 Å². The molecule has 0 unspecified atom stereocenters. The maximum atomic E-state index is 6.23. The van der Waals surface area contributed by atoms with E-state index in [0.29, 0.717) is 0 Å². The summed E-state index contributed by atoms with van der Waals surface area (Å²) in [7, 11) is 0.